The fraction of sp³-hybridized carbons (Fsp3) is 0.429. The molecule has 1 unspecified atom stereocenters. The first-order valence-electron chi connectivity index (χ1n) is 9.85. The lowest BCUT2D eigenvalue weighted by molar-refractivity contribution is -0.137. The lowest BCUT2D eigenvalue weighted by atomic mass is 9.68. The van der Waals surface area contributed by atoms with Crippen molar-refractivity contribution in [2.75, 3.05) is 5.32 Å². The van der Waals surface area contributed by atoms with Crippen molar-refractivity contribution in [2.45, 2.75) is 44.3 Å². The first-order valence-corrected chi connectivity index (χ1v) is 9.85. The Balaban J connectivity index is 1.56. The Bertz CT molecular complexity index is 1050. The van der Waals surface area contributed by atoms with Crippen molar-refractivity contribution >= 4 is 16.9 Å². The Morgan fingerprint density at radius 2 is 1.86 bits per heavy atom. The molecule has 2 N–H and O–H groups in total. The van der Waals surface area contributed by atoms with Gasteiger partial charge in [0.25, 0.3) is 0 Å². The van der Waals surface area contributed by atoms with Crippen LogP contribution < -0.4 is 5.32 Å². The number of fused-ring (bicyclic) bond motifs is 4. The van der Waals surface area contributed by atoms with Crippen LogP contribution in [0.25, 0.3) is 22.3 Å². The Morgan fingerprint density at radius 3 is 2.55 bits per heavy atom. The van der Waals surface area contributed by atoms with Crippen LogP contribution in [0, 0.1) is 17.7 Å². The van der Waals surface area contributed by atoms with Crippen molar-refractivity contribution in [3.63, 3.8) is 0 Å². The van der Waals surface area contributed by atoms with E-state index in [0.717, 1.165) is 37.6 Å². The van der Waals surface area contributed by atoms with E-state index in [4.69, 9.17) is 0 Å². The predicted octanol–water partition coefficient (Wildman–Crippen LogP) is 5.77. The molecule has 3 aromatic rings. The average molecular weight is 404 g/mol. The highest BCUT2D eigenvalue weighted by Gasteiger charge is 2.36. The molecule has 3 aliphatic carbocycles. The molecule has 3 saturated carbocycles. The molecule has 3 heterocycles. The molecule has 29 heavy (non-hydrogen) atoms. The van der Waals surface area contributed by atoms with E-state index in [1.165, 1.54) is 25.1 Å². The number of hydrogen-bond acceptors (Lipinski definition) is 3. The van der Waals surface area contributed by atoms with E-state index in [1.54, 1.807) is 0 Å². The van der Waals surface area contributed by atoms with Crippen molar-refractivity contribution in [2.24, 2.45) is 11.8 Å². The fourth-order valence-corrected chi connectivity index (χ4v) is 4.84. The van der Waals surface area contributed by atoms with E-state index in [9.17, 15) is 17.6 Å². The first kappa shape index (κ1) is 18.4. The van der Waals surface area contributed by atoms with Gasteiger partial charge in [-0.15, -0.1) is 0 Å². The van der Waals surface area contributed by atoms with Gasteiger partial charge in [-0.3, -0.25) is 0 Å². The van der Waals surface area contributed by atoms with Gasteiger partial charge in [-0.05, 0) is 49.3 Å². The summed E-state index contributed by atoms with van der Waals surface area (Å²) in [7, 11) is 0. The number of halogens is 4. The molecule has 3 aliphatic rings. The van der Waals surface area contributed by atoms with Crippen molar-refractivity contribution in [1.82, 2.24) is 15.0 Å². The van der Waals surface area contributed by atoms with Crippen LogP contribution in [0.2, 0.25) is 0 Å². The van der Waals surface area contributed by atoms with E-state index in [2.05, 4.69) is 20.3 Å². The SMILES string of the molecule is Fc1cnc2[nH]cc(-c3cc(C(F)(F)F)cc(NC4CC5CCC4CC5)n3)c2c1. The first-order chi connectivity index (χ1) is 13.9. The van der Waals surface area contributed by atoms with Crippen molar-refractivity contribution in [3.8, 4) is 11.3 Å². The molecule has 0 spiro atoms. The molecule has 0 aliphatic heterocycles. The Labute approximate surface area is 164 Å². The molecule has 0 amide bonds. The zero-order chi connectivity index (χ0) is 20.2. The number of aromatic nitrogens is 3. The van der Waals surface area contributed by atoms with E-state index in [1.807, 2.05) is 0 Å². The molecule has 0 radical (unpaired) electrons. The molecule has 4 nitrogen and oxygen atoms in total. The minimum atomic E-state index is -4.50. The lowest BCUT2D eigenvalue weighted by Gasteiger charge is -2.42. The summed E-state index contributed by atoms with van der Waals surface area (Å²) in [5.41, 5.74) is 0.164. The van der Waals surface area contributed by atoms with Gasteiger partial charge in [0.05, 0.1) is 17.5 Å². The van der Waals surface area contributed by atoms with Crippen LogP contribution in [0.4, 0.5) is 23.4 Å². The van der Waals surface area contributed by atoms with Crippen LogP contribution in [0.1, 0.15) is 37.7 Å². The van der Waals surface area contributed by atoms with E-state index < -0.39 is 17.6 Å². The third-order valence-electron chi connectivity index (χ3n) is 6.31. The normalized spacial score (nSPS) is 24.2. The van der Waals surface area contributed by atoms with Crippen LogP contribution in [-0.4, -0.2) is 21.0 Å². The average Bonchev–Trinajstić information content (AvgIpc) is 3.11. The third kappa shape index (κ3) is 3.45. The van der Waals surface area contributed by atoms with Gasteiger partial charge in [0.2, 0.25) is 0 Å². The Morgan fingerprint density at radius 1 is 1.07 bits per heavy atom. The smallest absolute Gasteiger partial charge is 0.367 e. The summed E-state index contributed by atoms with van der Waals surface area (Å²) < 4.78 is 54.3. The van der Waals surface area contributed by atoms with Gasteiger partial charge >= 0.3 is 6.18 Å². The Hall–Kier alpha value is -2.64. The molecule has 3 aromatic heterocycles. The van der Waals surface area contributed by atoms with Gasteiger partial charge in [-0.2, -0.15) is 13.2 Å². The summed E-state index contributed by atoms with van der Waals surface area (Å²) in [4.78, 5) is 11.3. The molecule has 6 rings (SSSR count). The van der Waals surface area contributed by atoms with Gasteiger partial charge < -0.3 is 10.3 Å². The third-order valence-corrected chi connectivity index (χ3v) is 6.31. The standard InChI is InChI=1S/C21H20F4N4/c22-14-8-15-16(10-27-20(15)26-9-14)18-6-13(21(23,24)25)7-19(29-18)28-17-5-11-1-3-12(17)4-2-11/h6-12,17H,1-5H2,(H,26,27)(H,28,29). The zero-order valence-electron chi connectivity index (χ0n) is 15.6. The van der Waals surface area contributed by atoms with Crippen LogP contribution in [-0.2, 0) is 6.18 Å². The summed E-state index contributed by atoms with van der Waals surface area (Å²) in [6, 6.07) is 3.47. The van der Waals surface area contributed by atoms with Crippen LogP contribution >= 0.6 is 0 Å². The number of aromatic amines is 1. The van der Waals surface area contributed by atoms with Crippen LogP contribution in [0.15, 0.2) is 30.6 Å². The Kier molecular flexibility index (Phi) is 4.26. The van der Waals surface area contributed by atoms with Gasteiger partial charge in [0.1, 0.15) is 17.3 Å². The summed E-state index contributed by atoms with van der Waals surface area (Å²) in [6.07, 6.45) is 3.69. The second-order valence-corrected chi connectivity index (χ2v) is 8.14. The van der Waals surface area contributed by atoms with E-state index >= 15 is 0 Å². The molecular formula is C21H20F4N4. The zero-order valence-corrected chi connectivity index (χ0v) is 15.6. The maximum Gasteiger partial charge on any atom is 0.416 e. The van der Waals surface area contributed by atoms with E-state index in [0.29, 0.717) is 28.4 Å². The molecule has 3 fully saturated rings. The van der Waals surface area contributed by atoms with Crippen LogP contribution in [0.5, 0.6) is 0 Å². The maximum atomic E-state index is 13.7. The number of alkyl halides is 3. The number of anilines is 1. The molecule has 1 atom stereocenters. The largest absolute Gasteiger partial charge is 0.416 e. The number of nitrogens with one attached hydrogen (secondary N) is 2. The van der Waals surface area contributed by atoms with Crippen molar-refractivity contribution < 1.29 is 17.6 Å². The number of hydrogen-bond donors (Lipinski definition) is 2. The summed E-state index contributed by atoms with van der Waals surface area (Å²) in [5.74, 6) is 0.782. The highest BCUT2D eigenvalue weighted by atomic mass is 19.4. The molecular weight excluding hydrogens is 384 g/mol. The number of rotatable bonds is 3. The summed E-state index contributed by atoms with van der Waals surface area (Å²) in [5, 5.41) is 3.68. The molecule has 0 aromatic carbocycles. The highest BCUT2D eigenvalue weighted by molar-refractivity contribution is 5.92. The summed E-state index contributed by atoms with van der Waals surface area (Å²) in [6.45, 7) is 0. The maximum absolute atomic E-state index is 13.7. The predicted molar refractivity (Wildman–Crippen MR) is 102 cm³/mol. The van der Waals surface area contributed by atoms with Gasteiger partial charge in [0, 0.05) is 23.2 Å². The van der Waals surface area contributed by atoms with Crippen molar-refractivity contribution in [3.05, 3.63) is 42.0 Å². The van der Waals surface area contributed by atoms with Crippen LogP contribution in [0.3, 0.4) is 0 Å². The number of pyridine rings is 2. The minimum Gasteiger partial charge on any atom is -0.367 e. The van der Waals surface area contributed by atoms with Gasteiger partial charge in [-0.25, -0.2) is 14.4 Å². The second kappa shape index (κ2) is 6.71. The molecule has 8 heteroatoms. The fourth-order valence-electron chi connectivity index (χ4n) is 4.84. The second-order valence-electron chi connectivity index (χ2n) is 8.14. The quantitative estimate of drug-likeness (QED) is 0.545. The van der Waals surface area contributed by atoms with E-state index in [-0.39, 0.29) is 17.6 Å². The van der Waals surface area contributed by atoms with Gasteiger partial charge in [0.15, 0.2) is 0 Å². The number of H-pyrrole nitrogens is 1. The minimum absolute atomic E-state index is 0.141. The van der Waals surface area contributed by atoms with Crippen molar-refractivity contribution in [1.29, 1.82) is 0 Å². The highest BCUT2D eigenvalue weighted by Crippen LogP contribution is 2.43. The summed E-state index contributed by atoms with van der Waals surface area (Å²) >= 11 is 0. The molecule has 2 bridgehead atoms. The lowest BCUT2D eigenvalue weighted by Crippen LogP contribution is -2.40. The monoisotopic (exact) mass is 404 g/mol. The molecule has 0 saturated heterocycles. The molecule has 152 valence electrons. The number of nitrogens with zero attached hydrogens (tertiary/aromatic N) is 2. The van der Waals surface area contributed by atoms with Gasteiger partial charge in [-0.1, -0.05) is 12.8 Å². The topological polar surface area (TPSA) is 53.6 Å².